The maximum Gasteiger partial charge on any atom is 0.0847 e. The summed E-state index contributed by atoms with van der Waals surface area (Å²) in [6.45, 7) is 9.74. The molecule has 0 aromatic carbocycles. The van der Waals surface area contributed by atoms with E-state index in [-0.39, 0.29) is 5.54 Å². The summed E-state index contributed by atoms with van der Waals surface area (Å²) in [5.74, 6) is 0. The Bertz CT molecular complexity index is 455. The van der Waals surface area contributed by atoms with Crippen molar-refractivity contribution in [2.45, 2.75) is 58.5 Å². The second-order valence-electron chi connectivity index (χ2n) is 6.29. The van der Waals surface area contributed by atoms with Gasteiger partial charge in [0, 0.05) is 25.0 Å². The van der Waals surface area contributed by atoms with Gasteiger partial charge in [-0.2, -0.15) is 5.10 Å². The lowest BCUT2D eigenvalue weighted by molar-refractivity contribution is 0.111. The number of aromatic nitrogens is 2. The number of rotatable bonds is 8. The molecule has 0 fully saturated rings. The molecule has 0 aliphatic carbocycles. The van der Waals surface area contributed by atoms with Crippen LogP contribution in [-0.2, 0) is 13.5 Å². The Labute approximate surface area is 134 Å². The summed E-state index contributed by atoms with van der Waals surface area (Å²) in [7, 11) is 6.28. The molecule has 0 aliphatic heterocycles. The number of halogens is 1. The molecule has 0 bridgehead atoms. The first-order valence-corrected chi connectivity index (χ1v) is 8.24. The molecule has 0 aliphatic rings. The third-order valence-corrected chi connectivity index (χ3v) is 5.28. The van der Waals surface area contributed by atoms with Crippen molar-refractivity contribution in [3.05, 3.63) is 16.4 Å². The summed E-state index contributed by atoms with van der Waals surface area (Å²) in [5.41, 5.74) is 2.10. The second-order valence-corrected chi connectivity index (χ2v) is 6.66. The van der Waals surface area contributed by atoms with E-state index >= 15 is 0 Å². The maximum atomic E-state index is 6.44. The molecule has 21 heavy (non-hydrogen) atoms. The molecule has 0 saturated carbocycles. The first-order chi connectivity index (χ1) is 9.77. The topological polar surface area (TPSA) is 33.1 Å². The summed E-state index contributed by atoms with van der Waals surface area (Å²) in [6.07, 6.45) is 3.09. The molecule has 0 amide bonds. The molecule has 0 spiro atoms. The number of hydrogen-bond acceptors (Lipinski definition) is 3. The van der Waals surface area contributed by atoms with Crippen LogP contribution < -0.4 is 5.32 Å². The molecule has 5 heteroatoms. The normalized spacial score (nSPS) is 16.2. The van der Waals surface area contributed by atoms with Gasteiger partial charge in [0.15, 0.2) is 0 Å². The zero-order valence-corrected chi connectivity index (χ0v) is 15.4. The number of nitrogens with one attached hydrogen (secondary N) is 1. The third kappa shape index (κ3) is 3.99. The lowest BCUT2D eigenvalue weighted by Crippen LogP contribution is -2.58. The smallest absolute Gasteiger partial charge is 0.0847 e. The van der Waals surface area contributed by atoms with Crippen molar-refractivity contribution >= 4 is 11.6 Å². The Morgan fingerprint density at radius 1 is 1.38 bits per heavy atom. The SMILES string of the molecule is CCCNC(Cc1c(Cl)c(C)nn1C)C(C)(CC)N(C)C. The lowest BCUT2D eigenvalue weighted by Gasteiger charge is -2.43. The third-order valence-electron chi connectivity index (χ3n) is 4.79. The molecule has 1 aromatic rings. The first-order valence-electron chi connectivity index (χ1n) is 7.86. The van der Waals surface area contributed by atoms with Crippen LogP contribution in [0.2, 0.25) is 5.02 Å². The van der Waals surface area contributed by atoms with Crippen LogP contribution in [0.1, 0.15) is 45.0 Å². The van der Waals surface area contributed by atoms with E-state index in [1.54, 1.807) is 0 Å². The molecular weight excluding hydrogens is 284 g/mol. The van der Waals surface area contributed by atoms with E-state index in [1.165, 1.54) is 0 Å². The summed E-state index contributed by atoms with van der Waals surface area (Å²) >= 11 is 6.44. The average Bonchev–Trinajstić information content (AvgIpc) is 2.68. The van der Waals surface area contributed by atoms with Crippen molar-refractivity contribution in [3.8, 4) is 0 Å². The van der Waals surface area contributed by atoms with Gasteiger partial charge in [0.1, 0.15) is 0 Å². The Hall–Kier alpha value is -0.580. The zero-order chi connectivity index (χ0) is 16.2. The van der Waals surface area contributed by atoms with Crippen molar-refractivity contribution < 1.29 is 0 Å². The van der Waals surface area contributed by atoms with Crippen LogP contribution in [0.4, 0.5) is 0 Å². The minimum atomic E-state index is 0.0800. The Morgan fingerprint density at radius 3 is 2.38 bits per heavy atom. The fourth-order valence-corrected chi connectivity index (χ4v) is 3.04. The predicted octanol–water partition coefficient (Wildman–Crippen LogP) is 3.02. The average molecular weight is 315 g/mol. The summed E-state index contributed by atoms with van der Waals surface area (Å²) < 4.78 is 1.92. The molecule has 1 heterocycles. The highest BCUT2D eigenvalue weighted by Crippen LogP contribution is 2.27. The largest absolute Gasteiger partial charge is 0.312 e. The molecule has 0 saturated heterocycles. The fourth-order valence-electron chi connectivity index (χ4n) is 2.80. The van der Waals surface area contributed by atoms with E-state index in [0.29, 0.717) is 6.04 Å². The van der Waals surface area contributed by atoms with Gasteiger partial charge in [-0.05, 0) is 47.3 Å². The summed E-state index contributed by atoms with van der Waals surface area (Å²) in [5, 5.41) is 8.96. The van der Waals surface area contributed by atoms with Gasteiger partial charge in [-0.1, -0.05) is 25.4 Å². The minimum absolute atomic E-state index is 0.0800. The molecule has 1 aromatic heterocycles. The Morgan fingerprint density at radius 2 is 2.00 bits per heavy atom. The maximum absolute atomic E-state index is 6.44. The molecule has 1 rings (SSSR count). The second kappa shape index (κ2) is 7.61. The van der Waals surface area contributed by atoms with Crippen LogP contribution in [0.25, 0.3) is 0 Å². The van der Waals surface area contributed by atoms with Crippen LogP contribution in [0.3, 0.4) is 0 Å². The van der Waals surface area contributed by atoms with Gasteiger partial charge in [0.05, 0.1) is 16.4 Å². The summed E-state index contributed by atoms with van der Waals surface area (Å²) in [4.78, 5) is 2.32. The van der Waals surface area contributed by atoms with Gasteiger partial charge >= 0.3 is 0 Å². The van der Waals surface area contributed by atoms with E-state index in [4.69, 9.17) is 11.6 Å². The number of aryl methyl sites for hydroxylation is 2. The number of likely N-dealkylation sites (N-methyl/N-ethyl adjacent to an activating group) is 1. The van der Waals surface area contributed by atoms with Gasteiger partial charge in [-0.15, -0.1) is 0 Å². The highest BCUT2D eigenvalue weighted by atomic mass is 35.5. The quantitative estimate of drug-likeness (QED) is 0.800. The Kier molecular flexibility index (Phi) is 6.70. The van der Waals surface area contributed by atoms with E-state index in [0.717, 1.165) is 42.2 Å². The monoisotopic (exact) mass is 314 g/mol. The number of hydrogen-bond donors (Lipinski definition) is 1. The van der Waals surface area contributed by atoms with Crippen LogP contribution >= 0.6 is 11.6 Å². The highest BCUT2D eigenvalue weighted by molar-refractivity contribution is 6.31. The van der Waals surface area contributed by atoms with Gasteiger partial charge < -0.3 is 10.2 Å². The fraction of sp³-hybridized carbons (Fsp3) is 0.812. The van der Waals surface area contributed by atoms with Gasteiger partial charge in [-0.25, -0.2) is 0 Å². The van der Waals surface area contributed by atoms with E-state index in [2.05, 4.69) is 50.2 Å². The molecule has 1 N–H and O–H groups in total. The molecule has 122 valence electrons. The van der Waals surface area contributed by atoms with Crippen LogP contribution in [0.15, 0.2) is 0 Å². The van der Waals surface area contributed by atoms with Crippen molar-refractivity contribution in [2.24, 2.45) is 7.05 Å². The van der Waals surface area contributed by atoms with Gasteiger partial charge in [0.2, 0.25) is 0 Å². The van der Waals surface area contributed by atoms with Gasteiger partial charge in [0.25, 0.3) is 0 Å². The van der Waals surface area contributed by atoms with Crippen molar-refractivity contribution in [1.82, 2.24) is 20.0 Å². The molecule has 4 nitrogen and oxygen atoms in total. The minimum Gasteiger partial charge on any atom is -0.312 e. The zero-order valence-electron chi connectivity index (χ0n) is 14.6. The number of nitrogens with zero attached hydrogens (tertiary/aromatic N) is 3. The Balaban J connectivity index is 3.08. The van der Waals surface area contributed by atoms with Crippen molar-refractivity contribution in [2.75, 3.05) is 20.6 Å². The van der Waals surface area contributed by atoms with Crippen LogP contribution in [0, 0.1) is 6.92 Å². The molecule has 2 atom stereocenters. The van der Waals surface area contributed by atoms with E-state index < -0.39 is 0 Å². The van der Waals surface area contributed by atoms with Crippen LogP contribution in [-0.4, -0.2) is 46.9 Å². The van der Waals surface area contributed by atoms with E-state index in [1.807, 2.05) is 18.7 Å². The molecule has 0 radical (unpaired) electrons. The predicted molar refractivity (Wildman–Crippen MR) is 91.1 cm³/mol. The molecule has 2 unspecified atom stereocenters. The van der Waals surface area contributed by atoms with Gasteiger partial charge in [-0.3, -0.25) is 4.68 Å². The van der Waals surface area contributed by atoms with Crippen LogP contribution in [0.5, 0.6) is 0 Å². The van der Waals surface area contributed by atoms with Crippen molar-refractivity contribution in [1.29, 1.82) is 0 Å². The highest BCUT2D eigenvalue weighted by Gasteiger charge is 2.35. The standard InChI is InChI=1S/C16H31ClN4/c1-8-10-18-14(16(4,9-2)20(5)6)11-13-15(17)12(3)19-21(13)7/h14,18H,8-11H2,1-7H3. The lowest BCUT2D eigenvalue weighted by atomic mass is 9.85. The van der Waals surface area contributed by atoms with Crippen molar-refractivity contribution in [3.63, 3.8) is 0 Å². The summed E-state index contributed by atoms with van der Waals surface area (Å²) in [6, 6.07) is 0.338. The molecular formula is C16H31ClN4. The first kappa shape index (κ1) is 18.5. The van der Waals surface area contributed by atoms with E-state index in [9.17, 15) is 0 Å².